The van der Waals surface area contributed by atoms with Crippen LogP contribution in [0.3, 0.4) is 0 Å². The van der Waals surface area contributed by atoms with Crippen LogP contribution in [0.4, 0.5) is 0 Å². The van der Waals surface area contributed by atoms with Crippen molar-refractivity contribution < 1.29 is 14.3 Å². The highest BCUT2D eigenvalue weighted by Gasteiger charge is 2.28. The Morgan fingerprint density at radius 1 is 1.18 bits per heavy atom. The zero-order valence-corrected chi connectivity index (χ0v) is 11.0. The molecule has 0 saturated heterocycles. The Hall–Kier alpha value is -1.06. The Balaban J connectivity index is 2.54. The molecular weight excluding hydrogens is 218 g/mol. The minimum absolute atomic E-state index is 0.00815. The highest BCUT2D eigenvalue weighted by Crippen LogP contribution is 2.24. The predicted molar refractivity (Wildman–Crippen MR) is 65.4 cm³/mol. The van der Waals surface area contributed by atoms with Gasteiger partial charge >= 0.3 is 5.97 Å². The summed E-state index contributed by atoms with van der Waals surface area (Å²) in [7, 11) is 1.35. The lowest BCUT2D eigenvalue weighted by atomic mass is 9.88. The van der Waals surface area contributed by atoms with Gasteiger partial charge < -0.3 is 10.1 Å². The number of amides is 1. The number of esters is 1. The van der Waals surface area contributed by atoms with Crippen molar-refractivity contribution in [2.75, 3.05) is 7.11 Å². The zero-order chi connectivity index (χ0) is 12.8. The predicted octanol–water partition coefficient (Wildman–Crippen LogP) is 1.88. The normalized spacial score (nSPS) is 18.8. The molecule has 1 N–H and O–H groups in total. The van der Waals surface area contributed by atoms with Gasteiger partial charge in [-0.1, -0.05) is 33.1 Å². The van der Waals surface area contributed by atoms with Crippen LogP contribution in [0, 0.1) is 11.8 Å². The standard InChI is InChI=1S/C13H23NO3/c1-9(2)11(13(16)17-3)14-12(15)10-7-5-4-6-8-10/h9-11H,4-8H2,1-3H3,(H,14,15)/t11-/m0/s1. The molecule has 0 aromatic carbocycles. The molecule has 4 heteroatoms. The fraction of sp³-hybridized carbons (Fsp3) is 0.846. The van der Waals surface area contributed by atoms with Gasteiger partial charge in [-0.05, 0) is 18.8 Å². The smallest absolute Gasteiger partial charge is 0.328 e. The molecule has 0 aliphatic heterocycles. The van der Waals surface area contributed by atoms with Gasteiger partial charge in [0.05, 0.1) is 7.11 Å². The molecular formula is C13H23NO3. The summed E-state index contributed by atoms with van der Waals surface area (Å²) in [5.41, 5.74) is 0. The Morgan fingerprint density at radius 3 is 2.24 bits per heavy atom. The average molecular weight is 241 g/mol. The minimum Gasteiger partial charge on any atom is -0.467 e. The van der Waals surface area contributed by atoms with Crippen molar-refractivity contribution in [3.63, 3.8) is 0 Å². The van der Waals surface area contributed by atoms with Crippen LogP contribution in [0.2, 0.25) is 0 Å². The summed E-state index contributed by atoms with van der Waals surface area (Å²) in [5, 5.41) is 2.82. The molecule has 1 amide bonds. The van der Waals surface area contributed by atoms with Crippen LogP contribution >= 0.6 is 0 Å². The van der Waals surface area contributed by atoms with Gasteiger partial charge in [0.2, 0.25) is 5.91 Å². The summed E-state index contributed by atoms with van der Waals surface area (Å²) in [4.78, 5) is 23.5. The lowest BCUT2D eigenvalue weighted by Gasteiger charge is -2.25. The van der Waals surface area contributed by atoms with E-state index in [0.29, 0.717) is 0 Å². The van der Waals surface area contributed by atoms with E-state index in [9.17, 15) is 9.59 Å². The summed E-state index contributed by atoms with van der Waals surface area (Å²) < 4.78 is 4.71. The summed E-state index contributed by atoms with van der Waals surface area (Å²) >= 11 is 0. The molecule has 0 aromatic rings. The molecule has 1 aliphatic carbocycles. The third-order valence-electron chi connectivity index (χ3n) is 3.40. The van der Waals surface area contributed by atoms with E-state index in [4.69, 9.17) is 4.74 Å². The summed E-state index contributed by atoms with van der Waals surface area (Å²) in [5.74, 6) is -0.220. The number of hydrogen-bond acceptors (Lipinski definition) is 3. The molecule has 0 heterocycles. The van der Waals surface area contributed by atoms with E-state index in [1.165, 1.54) is 13.5 Å². The Labute approximate surface area is 103 Å². The van der Waals surface area contributed by atoms with Crippen LogP contribution in [-0.4, -0.2) is 25.0 Å². The van der Waals surface area contributed by atoms with E-state index in [1.807, 2.05) is 13.8 Å². The maximum absolute atomic E-state index is 12.0. The van der Waals surface area contributed by atoms with Gasteiger partial charge in [-0.2, -0.15) is 0 Å². The van der Waals surface area contributed by atoms with Gasteiger partial charge in [-0.15, -0.1) is 0 Å². The third kappa shape index (κ3) is 4.02. The second-order valence-corrected chi connectivity index (χ2v) is 5.09. The van der Waals surface area contributed by atoms with Gasteiger partial charge in [-0.3, -0.25) is 4.79 Å². The topological polar surface area (TPSA) is 55.4 Å². The number of carbonyl (C=O) groups excluding carboxylic acids is 2. The van der Waals surface area contributed by atoms with Crippen LogP contribution in [-0.2, 0) is 14.3 Å². The van der Waals surface area contributed by atoms with Gasteiger partial charge in [0.15, 0.2) is 0 Å². The first-order valence-electron chi connectivity index (χ1n) is 6.44. The van der Waals surface area contributed by atoms with Crippen LogP contribution in [0.5, 0.6) is 0 Å². The number of ether oxygens (including phenoxy) is 1. The van der Waals surface area contributed by atoms with Crippen molar-refractivity contribution >= 4 is 11.9 Å². The van der Waals surface area contributed by atoms with Gasteiger partial charge in [0.25, 0.3) is 0 Å². The highest BCUT2D eigenvalue weighted by molar-refractivity contribution is 5.85. The Morgan fingerprint density at radius 2 is 1.76 bits per heavy atom. The van der Waals surface area contributed by atoms with E-state index >= 15 is 0 Å². The lowest BCUT2D eigenvalue weighted by molar-refractivity contribution is -0.147. The largest absolute Gasteiger partial charge is 0.467 e. The van der Waals surface area contributed by atoms with E-state index in [-0.39, 0.29) is 23.7 Å². The Bertz CT molecular complexity index is 270. The van der Waals surface area contributed by atoms with E-state index in [0.717, 1.165) is 25.7 Å². The van der Waals surface area contributed by atoms with Crippen LogP contribution in [0.25, 0.3) is 0 Å². The number of rotatable bonds is 4. The molecule has 98 valence electrons. The first kappa shape index (κ1) is 14.0. The molecule has 0 spiro atoms. The zero-order valence-electron chi connectivity index (χ0n) is 11.0. The fourth-order valence-electron chi connectivity index (χ4n) is 2.26. The molecule has 1 aliphatic rings. The fourth-order valence-corrected chi connectivity index (χ4v) is 2.26. The molecule has 0 aromatic heterocycles. The van der Waals surface area contributed by atoms with E-state index in [2.05, 4.69) is 5.32 Å². The van der Waals surface area contributed by atoms with Crippen molar-refractivity contribution in [1.82, 2.24) is 5.32 Å². The van der Waals surface area contributed by atoms with Crippen LogP contribution in [0.1, 0.15) is 46.0 Å². The highest BCUT2D eigenvalue weighted by atomic mass is 16.5. The summed E-state index contributed by atoms with van der Waals surface area (Å²) in [6, 6.07) is -0.519. The molecule has 0 bridgehead atoms. The molecule has 1 atom stereocenters. The maximum Gasteiger partial charge on any atom is 0.328 e. The molecule has 1 fully saturated rings. The van der Waals surface area contributed by atoms with Gasteiger partial charge in [0, 0.05) is 5.92 Å². The van der Waals surface area contributed by atoms with E-state index in [1.54, 1.807) is 0 Å². The molecule has 1 rings (SSSR count). The van der Waals surface area contributed by atoms with Gasteiger partial charge in [0.1, 0.15) is 6.04 Å². The number of hydrogen-bond donors (Lipinski definition) is 1. The van der Waals surface area contributed by atoms with Crippen molar-refractivity contribution in [3.05, 3.63) is 0 Å². The van der Waals surface area contributed by atoms with Crippen LogP contribution in [0.15, 0.2) is 0 Å². The van der Waals surface area contributed by atoms with Gasteiger partial charge in [-0.25, -0.2) is 4.79 Å². The third-order valence-corrected chi connectivity index (χ3v) is 3.40. The molecule has 0 unspecified atom stereocenters. The van der Waals surface area contributed by atoms with Crippen molar-refractivity contribution in [3.8, 4) is 0 Å². The Kier molecular flexibility index (Phi) is 5.45. The number of methoxy groups -OCH3 is 1. The molecule has 17 heavy (non-hydrogen) atoms. The minimum atomic E-state index is -0.519. The summed E-state index contributed by atoms with van der Waals surface area (Å²) in [6.45, 7) is 3.81. The first-order valence-corrected chi connectivity index (χ1v) is 6.44. The van der Waals surface area contributed by atoms with Crippen molar-refractivity contribution in [2.45, 2.75) is 52.0 Å². The lowest BCUT2D eigenvalue weighted by Crippen LogP contribution is -2.47. The molecule has 1 saturated carbocycles. The number of nitrogens with one attached hydrogen (secondary N) is 1. The van der Waals surface area contributed by atoms with Crippen LogP contribution < -0.4 is 5.32 Å². The van der Waals surface area contributed by atoms with Crippen molar-refractivity contribution in [2.24, 2.45) is 11.8 Å². The number of carbonyl (C=O) groups is 2. The molecule has 0 radical (unpaired) electrons. The average Bonchev–Trinajstić information content (AvgIpc) is 2.35. The monoisotopic (exact) mass is 241 g/mol. The maximum atomic E-state index is 12.0. The SMILES string of the molecule is COC(=O)[C@@H](NC(=O)C1CCCCC1)C(C)C. The summed E-state index contributed by atoms with van der Waals surface area (Å²) in [6.07, 6.45) is 5.33. The first-order chi connectivity index (χ1) is 8.06. The second kappa shape index (κ2) is 6.62. The second-order valence-electron chi connectivity index (χ2n) is 5.09. The van der Waals surface area contributed by atoms with Crippen molar-refractivity contribution in [1.29, 1.82) is 0 Å². The quantitative estimate of drug-likeness (QED) is 0.765. The van der Waals surface area contributed by atoms with E-state index < -0.39 is 6.04 Å². The molecule has 4 nitrogen and oxygen atoms in total.